The molecule has 134 valence electrons. The van der Waals surface area contributed by atoms with Gasteiger partial charge in [0.15, 0.2) is 0 Å². The Bertz CT molecular complexity index is 1130. The maximum absolute atomic E-state index is 6.47. The van der Waals surface area contributed by atoms with Gasteiger partial charge in [0.25, 0.3) is 0 Å². The molecule has 0 spiro atoms. The Morgan fingerprint density at radius 2 is 1.15 bits per heavy atom. The maximum Gasteiger partial charge on any atom is 0.223 e. The summed E-state index contributed by atoms with van der Waals surface area (Å²) in [6.07, 6.45) is 0. The second kappa shape index (κ2) is 6.88. The van der Waals surface area contributed by atoms with Crippen LogP contribution in [0, 0.1) is 0 Å². The van der Waals surface area contributed by atoms with E-state index in [9.17, 15) is 0 Å². The van der Waals surface area contributed by atoms with Crippen LogP contribution in [-0.4, -0.2) is 5.54 Å². The molecular formula is C25H23NO. The summed E-state index contributed by atoms with van der Waals surface area (Å²) in [7, 11) is 0. The van der Waals surface area contributed by atoms with E-state index >= 15 is 0 Å². The molecule has 3 aromatic carbocycles. The zero-order valence-corrected chi connectivity index (χ0v) is 15.9. The third kappa shape index (κ3) is 3.56. The molecule has 0 radical (unpaired) electrons. The molecule has 0 N–H and O–H groups in total. The van der Waals surface area contributed by atoms with E-state index in [0.717, 1.165) is 33.2 Å². The molecule has 2 heteroatoms. The average molecular weight is 353 g/mol. The highest BCUT2D eigenvalue weighted by molar-refractivity contribution is 6.01. The van der Waals surface area contributed by atoms with Gasteiger partial charge in [-0.2, -0.15) is 0 Å². The minimum Gasteiger partial charge on any atom is -0.437 e. The number of nitrogens with zero attached hydrogens (tertiary/aromatic N) is 1. The zero-order valence-electron chi connectivity index (χ0n) is 15.9. The Hall–Kier alpha value is -3.13. The molecule has 1 aromatic heterocycles. The van der Waals surface area contributed by atoms with Crippen molar-refractivity contribution in [3.05, 3.63) is 90.5 Å². The van der Waals surface area contributed by atoms with Crippen molar-refractivity contribution < 1.29 is 4.42 Å². The van der Waals surface area contributed by atoms with Crippen LogP contribution in [0.1, 0.15) is 20.8 Å². The largest absolute Gasteiger partial charge is 0.437 e. The van der Waals surface area contributed by atoms with Gasteiger partial charge in [-0.05, 0) is 37.8 Å². The monoisotopic (exact) mass is 353 g/mol. The molecule has 4 rings (SSSR count). The maximum atomic E-state index is 6.47. The van der Waals surface area contributed by atoms with Gasteiger partial charge < -0.3 is 4.42 Å². The molecule has 1 heterocycles. The molecular weight excluding hydrogens is 330 g/mol. The zero-order chi connectivity index (χ0) is 18.9. The van der Waals surface area contributed by atoms with Crippen LogP contribution in [0.3, 0.4) is 0 Å². The Labute approximate surface area is 159 Å². The summed E-state index contributed by atoms with van der Waals surface area (Å²) in [5.41, 5.74) is 3.74. The number of rotatable bonds is 2. The highest BCUT2D eigenvalue weighted by Gasteiger charge is 2.17. The quantitative estimate of drug-likeness (QED) is 0.406. The van der Waals surface area contributed by atoms with Gasteiger partial charge in [-0.3, -0.25) is 0 Å². The summed E-state index contributed by atoms with van der Waals surface area (Å²) >= 11 is 0. The lowest BCUT2D eigenvalue weighted by atomic mass is 9.95. The molecule has 0 bridgehead atoms. The van der Waals surface area contributed by atoms with Gasteiger partial charge in [0.05, 0.1) is 5.54 Å². The smallest absolute Gasteiger partial charge is 0.223 e. The summed E-state index contributed by atoms with van der Waals surface area (Å²) in [4.78, 5) is 4.87. The fourth-order valence-electron chi connectivity index (χ4n) is 3.28. The molecule has 2 nitrogen and oxygen atoms in total. The van der Waals surface area contributed by atoms with Crippen LogP contribution in [0.4, 0.5) is 0 Å². The second-order valence-corrected chi connectivity index (χ2v) is 7.67. The van der Waals surface area contributed by atoms with Gasteiger partial charge >= 0.3 is 0 Å². The number of hydrogen-bond acceptors (Lipinski definition) is 2. The molecule has 0 unspecified atom stereocenters. The van der Waals surface area contributed by atoms with E-state index in [1.807, 2.05) is 30.3 Å². The van der Waals surface area contributed by atoms with Gasteiger partial charge in [0, 0.05) is 16.5 Å². The average Bonchev–Trinajstić information content (AvgIpc) is 2.68. The molecule has 27 heavy (non-hydrogen) atoms. The fourth-order valence-corrected chi connectivity index (χ4v) is 3.28. The van der Waals surface area contributed by atoms with E-state index in [1.54, 1.807) is 0 Å². The van der Waals surface area contributed by atoms with Gasteiger partial charge in [0.1, 0.15) is 5.76 Å². The Morgan fingerprint density at radius 1 is 0.630 bits per heavy atom. The van der Waals surface area contributed by atoms with Crippen LogP contribution in [0.5, 0.6) is 0 Å². The topological polar surface area (TPSA) is 25.5 Å². The SMILES string of the molecule is CC(C)(C)N=c1oc(-c2ccccc2)c(-c2ccccc2)c2ccccc12. The molecule has 0 aliphatic carbocycles. The Morgan fingerprint density at radius 3 is 1.74 bits per heavy atom. The van der Waals surface area contributed by atoms with Crippen molar-refractivity contribution in [2.75, 3.05) is 0 Å². The van der Waals surface area contributed by atoms with Crippen molar-refractivity contribution in [1.29, 1.82) is 0 Å². The predicted molar refractivity (Wildman–Crippen MR) is 112 cm³/mol. The van der Waals surface area contributed by atoms with Crippen molar-refractivity contribution in [3.63, 3.8) is 0 Å². The van der Waals surface area contributed by atoms with Crippen LogP contribution in [0.15, 0.2) is 94.3 Å². The van der Waals surface area contributed by atoms with E-state index in [0.29, 0.717) is 5.55 Å². The highest BCUT2D eigenvalue weighted by atomic mass is 16.3. The summed E-state index contributed by atoms with van der Waals surface area (Å²) in [5.74, 6) is 0.850. The Kier molecular flexibility index (Phi) is 4.41. The molecule has 0 amide bonds. The normalized spacial score (nSPS) is 12.5. The lowest BCUT2D eigenvalue weighted by Gasteiger charge is -2.16. The number of fused-ring (bicyclic) bond motifs is 1. The third-order valence-electron chi connectivity index (χ3n) is 4.39. The first-order chi connectivity index (χ1) is 13.0. The van der Waals surface area contributed by atoms with Crippen LogP contribution in [0.2, 0.25) is 0 Å². The van der Waals surface area contributed by atoms with Crippen LogP contribution in [-0.2, 0) is 0 Å². The second-order valence-electron chi connectivity index (χ2n) is 7.67. The number of hydrogen-bond donors (Lipinski definition) is 0. The molecule has 0 aliphatic heterocycles. The molecule has 0 aliphatic rings. The van der Waals surface area contributed by atoms with E-state index < -0.39 is 0 Å². The van der Waals surface area contributed by atoms with E-state index in [2.05, 4.69) is 75.4 Å². The van der Waals surface area contributed by atoms with Crippen LogP contribution in [0.25, 0.3) is 33.2 Å². The fraction of sp³-hybridized carbons (Fsp3) is 0.160. The van der Waals surface area contributed by atoms with Crippen molar-refractivity contribution in [3.8, 4) is 22.5 Å². The molecule has 0 saturated heterocycles. The van der Waals surface area contributed by atoms with Crippen molar-refractivity contribution in [2.24, 2.45) is 4.99 Å². The highest BCUT2D eigenvalue weighted by Crippen LogP contribution is 2.36. The van der Waals surface area contributed by atoms with Crippen LogP contribution < -0.4 is 5.55 Å². The predicted octanol–water partition coefficient (Wildman–Crippen LogP) is 6.47. The van der Waals surface area contributed by atoms with Gasteiger partial charge in [-0.1, -0.05) is 78.9 Å². The summed E-state index contributed by atoms with van der Waals surface area (Å²) < 4.78 is 6.47. The van der Waals surface area contributed by atoms with Gasteiger partial charge in [-0.25, -0.2) is 4.99 Å². The molecule has 0 saturated carbocycles. The Balaban J connectivity index is 2.18. The molecule has 4 aromatic rings. The lowest BCUT2D eigenvalue weighted by molar-refractivity contribution is 0.467. The van der Waals surface area contributed by atoms with E-state index in [4.69, 9.17) is 9.41 Å². The van der Waals surface area contributed by atoms with Crippen molar-refractivity contribution >= 4 is 10.8 Å². The van der Waals surface area contributed by atoms with Gasteiger partial charge in [-0.15, -0.1) is 0 Å². The number of benzene rings is 3. The minimum atomic E-state index is -0.228. The van der Waals surface area contributed by atoms with Crippen LogP contribution >= 0.6 is 0 Å². The third-order valence-corrected chi connectivity index (χ3v) is 4.39. The first-order valence-electron chi connectivity index (χ1n) is 9.25. The standard InChI is InChI=1S/C25H23NO/c1-25(2,3)26-24-21-17-11-10-16-20(21)22(18-12-6-4-7-13-18)23(27-24)19-14-8-5-9-15-19/h4-17H,1-3H3. The van der Waals surface area contributed by atoms with E-state index in [1.165, 1.54) is 0 Å². The molecule has 0 atom stereocenters. The molecule has 0 fully saturated rings. The first kappa shape index (κ1) is 17.3. The van der Waals surface area contributed by atoms with Crippen molar-refractivity contribution in [2.45, 2.75) is 26.3 Å². The summed E-state index contributed by atoms with van der Waals surface area (Å²) in [6.45, 7) is 6.26. The summed E-state index contributed by atoms with van der Waals surface area (Å²) in [6, 6.07) is 29.0. The van der Waals surface area contributed by atoms with Crippen molar-refractivity contribution in [1.82, 2.24) is 0 Å². The summed E-state index contributed by atoms with van der Waals surface area (Å²) in [5, 5.41) is 2.18. The van der Waals surface area contributed by atoms with Gasteiger partial charge in [0.2, 0.25) is 5.55 Å². The first-order valence-corrected chi connectivity index (χ1v) is 9.25. The minimum absolute atomic E-state index is 0.228. The van der Waals surface area contributed by atoms with E-state index in [-0.39, 0.29) is 5.54 Å². The lowest BCUT2D eigenvalue weighted by Crippen LogP contribution is -2.17.